The quantitative estimate of drug-likeness (QED) is 0.0497. The van der Waals surface area contributed by atoms with Gasteiger partial charge in [0.05, 0.1) is 39.3 Å². The lowest BCUT2D eigenvalue weighted by Crippen LogP contribution is -2.68. The van der Waals surface area contributed by atoms with Crippen LogP contribution in [-0.4, -0.2) is 74.1 Å². The number of benzene rings is 5. The van der Waals surface area contributed by atoms with Crippen molar-refractivity contribution >= 4 is 23.9 Å². The summed E-state index contributed by atoms with van der Waals surface area (Å²) in [4.78, 5) is 54.5. The van der Waals surface area contributed by atoms with Crippen LogP contribution >= 0.6 is 0 Å². The van der Waals surface area contributed by atoms with Crippen molar-refractivity contribution in [1.82, 2.24) is 16.0 Å². The molecule has 1 aliphatic rings. The van der Waals surface area contributed by atoms with Crippen LogP contribution in [0.25, 0.3) is 11.1 Å². The minimum Gasteiger partial charge on any atom is -0.481 e. The smallest absolute Gasteiger partial charge is 0.408 e. The fourth-order valence-electron chi connectivity index (χ4n) is 7.93. The molecule has 0 saturated carbocycles. The first-order valence-electron chi connectivity index (χ1n) is 20.2. The van der Waals surface area contributed by atoms with Crippen molar-refractivity contribution in [3.63, 3.8) is 0 Å². The number of alkyl carbamates (subject to hydrolysis) is 1. The second-order valence-electron chi connectivity index (χ2n) is 15.8. The van der Waals surface area contributed by atoms with Crippen molar-refractivity contribution in [3.05, 3.63) is 167 Å². The molecular weight excluding hydrogens is 759 g/mol. The molecule has 5 aromatic rings. The predicted molar refractivity (Wildman–Crippen MR) is 229 cm³/mol. The van der Waals surface area contributed by atoms with Gasteiger partial charge in [0.15, 0.2) is 0 Å². The summed E-state index contributed by atoms with van der Waals surface area (Å²) < 4.78 is 16.9. The van der Waals surface area contributed by atoms with Crippen LogP contribution in [0.1, 0.15) is 67.3 Å². The number of amides is 3. The van der Waals surface area contributed by atoms with Crippen LogP contribution < -0.4 is 16.0 Å². The van der Waals surface area contributed by atoms with Crippen LogP contribution in [0.5, 0.6) is 0 Å². The third-order valence-corrected chi connectivity index (χ3v) is 11.1. The lowest BCUT2D eigenvalue weighted by Gasteiger charge is -2.44. The Morgan fingerprint density at radius 1 is 0.600 bits per heavy atom. The highest BCUT2D eigenvalue weighted by molar-refractivity contribution is 5.96. The Kier molecular flexibility index (Phi) is 14.2. The summed E-state index contributed by atoms with van der Waals surface area (Å²) in [6.07, 6.45) is -1.40. The molecule has 0 saturated heterocycles. The second kappa shape index (κ2) is 19.6. The maximum Gasteiger partial charge on any atom is 0.408 e. The summed E-state index contributed by atoms with van der Waals surface area (Å²) in [5, 5.41) is 18.0. The van der Waals surface area contributed by atoms with Crippen LogP contribution in [0.3, 0.4) is 0 Å². The van der Waals surface area contributed by atoms with Gasteiger partial charge in [-0.2, -0.15) is 0 Å². The van der Waals surface area contributed by atoms with Gasteiger partial charge in [-0.15, -0.1) is 0 Å². The maximum absolute atomic E-state index is 15.0. The maximum atomic E-state index is 15.0. The summed E-state index contributed by atoms with van der Waals surface area (Å²) in [6.45, 7) is 5.99. The Bertz CT molecular complexity index is 2080. The number of nitrogens with one attached hydrogen (secondary N) is 3. The number of carbonyl (C=O) groups excluding carboxylic acids is 3. The number of aliphatic carboxylic acids is 1. The zero-order chi connectivity index (χ0) is 42.6. The first kappa shape index (κ1) is 43.3. The van der Waals surface area contributed by atoms with Crippen molar-refractivity contribution in [2.24, 2.45) is 5.41 Å². The van der Waals surface area contributed by atoms with Gasteiger partial charge in [0.1, 0.15) is 17.7 Å². The minimum absolute atomic E-state index is 0.00933. The molecule has 6 rings (SSSR count). The van der Waals surface area contributed by atoms with Crippen molar-refractivity contribution in [2.45, 2.75) is 50.6 Å². The third-order valence-electron chi connectivity index (χ3n) is 11.1. The molecule has 0 aliphatic heterocycles. The van der Waals surface area contributed by atoms with E-state index in [0.29, 0.717) is 0 Å². The average Bonchev–Trinajstić information content (AvgIpc) is 3.57. The Hall–Kier alpha value is -6.30. The summed E-state index contributed by atoms with van der Waals surface area (Å²) in [5.74, 6) is -2.26. The zero-order valence-electron chi connectivity index (χ0n) is 34.3. The molecule has 0 aromatic heterocycles. The van der Waals surface area contributed by atoms with E-state index in [0.717, 1.165) is 38.9 Å². The van der Waals surface area contributed by atoms with E-state index in [4.69, 9.17) is 19.3 Å². The van der Waals surface area contributed by atoms with Gasteiger partial charge in [0, 0.05) is 12.5 Å². The Morgan fingerprint density at radius 3 is 1.55 bits per heavy atom. The topological polar surface area (TPSA) is 152 Å². The molecule has 1 atom stereocenters. The van der Waals surface area contributed by atoms with Gasteiger partial charge in [-0.05, 0) is 44.4 Å². The van der Waals surface area contributed by atoms with Crippen LogP contribution in [0.15, 0.2) is 140 Å². The molecule has 60 heavy (non-hydrogen) atoms. The number of rotatable bonds is 19. The van der Waals surface area contributed by atoms with Crippen molar-refractivity contribution < 1.29 is 38.5 Å². The van der Waals surface area contributed by atoms with Gasteiger partial charge >= 0.3 is 12.1 Å². The van der Waals surface area contributed by atoms with E-state index < -0.39 is 46.8 Å². The molecule has 0 heterocycles. The number of carboxylic acids is 1. The molecule has 11 nitrogen and oxygen atoms in total. The van der Waals surface area contributed by atoms with E-state index in [1.54, 1.807) is 20.8 Å². The monoisotopic (exact) mass is 811 g/mol. The number of fused-ring (bicyclic) bond motifs is 3. The van der Waals surface area contributed by atoms with E-state index in [1.807, 2.05) is 127 Å². The highest BCUT2D eigenvalue weighted by Gasteiger charge is 2.52. The molecule has 312 valence electrons. The Morgan fingerprint density at radius 2 is 1.07 bits per heavy atom. The standard InChI is InChI=1S/C49H53N3O8/c1-47(2,3)48(45(56)50-28-30-59-32-31-58-29-27-44(54)55,52-46(57)60-34-42-40-25-15-13-23-38(40)39-24-14-16-26-41(39)42)33-43(53)51-49(35-17-7-4-8-18-35,36-19-9-5-10-20-36)37-21-11-6-12-22-37/h4-26,42H,27-34H2,1-3H3,(H,50,56)(H,51,53)(H,52,57)(H,54,55). The molecule has 3 amide bonds. The molecule has 0 radical (unpaired) electrons. The highest BCUT2D eigenvalue weighted by Crippen LogP contribution is 2.45. The number of hydrogen-bond acceptors (Lipinski definition) is 7. The fraction of sp³-hybridized carbons (Fsp3) is 0.306. The van der Waals surface area contributed by atoms with Crippen molar-refractivity contribution in [1.29, 1.82) is 0 Å². The van der Waals surface area contributed by atoms with E-state index in [-0.39, 0.29) is 51.9 Å². The third kappa shape index (κ3) is 9.76. The Balaban J connectivity index is 1.29. The lowest BCUT2D eigenvalue weighted by molar-refractivity contribution is -0.138. The normalized spacial score (nSPS) is 13.3. The average molecular weight is 812 g/mol. The Labute approximate surface area is 351 Å². The molecule has 0 fully saturated rings. The number of ether oxygens (including phenoxy) is 3. The summed E-state index contributed by atoms with van der Waals surface area (Å²) >= 11 is 0. The summed E-state index contributed by atoms with van der Waals surface area (Å²) in [6, 6.07) is 45.0. The summed E-state index contributed by atoms with van der Waals surface area (Å²) in [5.41, 5.74) is 2.60. The largest absolute Gasteiger partial charge is 0.481 e. The van der Waals surface area contributed by atoms with E-state index in [1.165, 1.54) is 0 Å². The minimum atomic E-state index is -1.82. The molecule has 1 aliphatic carbocycles. The predicted octanol–water partition coefficient (Wildman–Crippen LogP) is 7.43. The fourth-order valence-corrected chi connectivity index (χ4v) is 7.93. The SMILES string of the molecule is CC(C)(C)C(CC(=O)NC(c1ccccc1)(c1ccccc1)c1ccccc1)(NC(=O)OCC1c2ccccc2-c2ccccc21)C(=O)NCCOCCOCCC(=O)O. The van der Waals surface area contributed by atoms with Gasteiger partial charge in [0.2, 0.25) is 11.8 Å². The zero-order valence-corrected chi connectivity index (χ0v) is 34.3. The van der Waals surface area contributed by atoms with Gasteiger partial charge in [-0.3, -0.25) is 14.4 Å². The van der Waals surface area contributed by atoms with Gasteiger partial charge < -0.3 is 35.3 Å². The molecule has 0 spiro atoms. The lowest BCUT2D eigenvalue weighted by atomic mass is 9.70. The van der Waals surface area contributed by atoms with Gasteiger partial charge in [-0.1, -0.05) is 160 Å². The van der Waals surface area contributed by atoms with E-state index in [2.05, 4.69) is 28.1 Å². The van der Waals surface area contributed by atoms with Gasteiger partial charge in [-0.25, -0.2) is 4.79 Å². The van der Waals surface area contributed by atoms with Crippen LogP contribution in [0.2, 0.25) is 0 Å². The number of hydrogen-bond donors (Lipinski definition) is 4. The van der Waals surface area contributed by atoms with Crippen LogP contribution in [0, 0.1) is 5.41 Å². The molecule has 4 N–H and O–H groups in total. The molecule has 1 unspecified atom stereocenters. The van der Waals surface area contributed by atoms with Crippen molar-refractivity contribution in [3.8, 4) is 11.1 Å². The molecule has 5 aromatic carbocycles. The number of carboxylic acid groups (broad SMARTS) is 1. The first-order chi connectivity index (χ1) is 29.0. The van der Waals surface area contributed by atoms with E-state index >= 15 is 0 Å². The molecule has 11 heteroatoms. The second-order valence-corrected chi connectivity index (χ2v) is 15.8. The van der Waals surface area contributed by atoms with Gasteiger partial charge in [0.25, 0.3) is 0 Å². The first-order valence-corrected chi connectivity index (χ1v) is 20.2. The molecule has 0 bridgehead atoms. The van der Waals surface area contributed by atoms with Crippen LogP contribution in [-0.2, 0) is 34.1 Å². The van der Waals surface area contributed by atoms with Crippen LogP contribution in [0.4, 0.5) is 4.79 Å². The molecular formula is C49H53N3O8. The summed E-state index contributed by atoms with van der Waals surface area (Å²) in [7, 11) is 0. The van der Waals surface area contributed by atoms with E-state index in [9.17, 15) is 19.2 Å². The highest BCUT2D eigenvalue weighted by atomic mass is 16.5. The number of carbonyl (C=O) groups is 4. The van der Waals surface area contributed by atoms with Crippen molar-refractivity contribution in [2.75, 3.05) is 39.6 Å².